The summed E-state index contributed by atoms with van der Waals surface area (Å²) in [5.74, 6) is 0.859. The molecule has 2 aromatic rings. The Kier molecular flexibility index (Phi) is 2.94. The van der Waals surface area contributed by atoms with Crippen molar-refractivity contribution in [2.24, 2.45) is 0 Å². The average Bonchev–Trinajstić information content (AvgIpc) is 2.55. The molecule has 0 saturated carbocycles. The van der Waals surface area contributed by atoms with E-state index in [0.717, 1.165) is 14.2 Å². The van der Waals surface area contributed by atoms with Crippen LogP contribution in [0.3, 0.4) is 0 Å². The lowest BCUT2D eigenvalue weighted by Crippen LogP contribution is -1.82. The Hall–Kier alpha value is -0.330. The van der Waals surface area contributed by atoms with Crippen LogP contribution in [0.15, 0.2) is 18.2 Å². The summed E-state index contributed by atoms with van der Waals surface area (Å²) >= 11 is 3.89. The maximum absolute atomic E-state index is 9.12. The minimum Gasteiger partial charge on any atom is -0.497 e. The van der Waals surface area contributed by atoms with Crippen molar-refractivity contribution in [2.75, 3.05) is 7.11 Å². The standard InChI is InChI=1S/C10H9IO2S/c1-13-6-2-3-8-7(4-6)10(11)9(5-12)14-8/h2-4,12H,5H2,1H3. The van der Waals surface area contributed by atoms with E-state index in [2.05, 4.69) is 22.6 Å². The zero-order valence-corrected chi connectivity index (χ0v) is 10.6. The molecule has 0 aliphatic heterocycles. The first-order chi connectivity index (χ1) is 6.76. The van der Waals surface area contributed by atoms with Crippen molar-refractivity contribution in [3.63, 3.8) is 0 Å². The first-order valence-electron chi connectivity index (χ1n) is 4.12. The quantitative estimate of drug-likeness (QED) is 0.862. The maximum Gasteiger partial charge on any atom is 0.119 e. The van der Waals surface area contributed by atoms with Crippen LogP contribution in [0.5, 0.6) is 5.75 Å². The fourth-order valence-corrected chi connectivity index (χ4v) is 3.39. The summed E-state index contributed by atoms with van der Waals surface area (Å²) in [6.45, 7) is 0.111. The number of thiophene rings is 1. The van der Waals surface area contributed by atoms with Crippen molar-refractivity contribution in [1.29, 1.82) is 0 Å². The van der Waals surface area contributed by atoms with Gasteiger partial charge in [-0.25, -0.2) is 0 Å². The molecule has 0 aliphatic carbocycles. The summed E-state index contributed by atoms with van der Waals surface area (Å²) in [7, 11) is 1.66. The summed E-state index contributed by atoms with van der Waals surface area (Å²) < 4.78 is 7.48. The highest BCUT2D eigenvalue weighted by atomic mass is 127. The van der Waals surface area contributed by atoms with Gasteiger partial charge in [-0.3, -0.25) is 0 Å². The van der Waals surface area contributed by atoms with Gasteiger partial charge in [0, 0.05) is 18.5 Å². The number of hydrogen-bond donors (Lipinski definition) is 1. The number of halogens is 1. The fourth-order valence-electron chi connectivity index (χ4n) is 1.33. The predicted octanol–water partition coefficient (Wildman–Crippen LogP) is 3.01. The molecule has 14 heavy (non-hydrogen) atoms. The number of ether oxygens (including phenoxy) is 1. The molecule has 4 heteroatoms. The molecule has 0 aliphatic rings. The SMILES string of the molecule is COc1ccc2sc(CO)c(I)c2c1. The van der Waals surface area contributed by atoms with Crippen LogP contribution < -0.4 is 4.74 Å². The van der Waals surface area contributed by atoms with Crippen LogP contribution in [0.25, 0.3) is 10.1 Å². The molecule has 0 fully saturated rings. The molecule has 0 unspecified atom stereocenters. The van der Waals surface area contributed by atoms with E-state index in [0.29, 0.717) is 0 Å². The van der Waals surface area contributed by atoms with E-state index < -0.39 is 0 Å². The average molecular weight is 320 g/mol. The van der Waals surface area contributed by atoms with Crippen molar-refractivity contribution in [3.05, 3.63) is 26.6 Å². The second-order valence-corrected chi connectivity index (χ2v) is 5.07. The summed E-state index contributed by atoms with van der Waals surface area (Å²) in [6, 6.07) is 5.98. The minimum atomic E-state index is 0.111. The highest BCUT2D eigenvalue weighted by Gasteiger charge is 2.09. The lowest BCUT2D eigenvalue weighted by molar-refractivity contribution is 0.285. The van der Waals surface area contributed by atoms with Crippen LogP contribution in [0.2, 0.25) is 0 Å². The number of rotatable bonds is 2. The third-order valence-electron chi connectivity index (χ3n) is 2.04. The van der Waals surface area contributed by atoms with Crippen molar-refractivity contribution in [1.82, 2.24) is 0 Å². The summed E-state index contributed by atoms with van der Waals surface area (Å²) in [5.41, 5.74) is 0. The van der Waals surface area contributed by atoms with Gasteiger partial charge < -0.3 is 9.84 Å². The highest BCUT2D eigenvalue weighted by molar-refractivity contribution is 14.1. The van der Waals surface area contributed by atoms with Gasteiger partial charge in [0.1, 0.15) is 5.75 Å². The lowest BCUT2D eigenvalue weighted by Gasteiger charge is -1.98. The van der Waals surface area contributed by atoms with E-state index in [-0.39, 0.29) is 6.61 Å². The summed E-state index contributed by atoms with van der Waals surface area (Å²) in [4.78, 5) is 1.02. The molecular weight excluding hydrogens is 311 g/mol. The molecule has 74 valence electrons. The number of aliphatic hydroxyl groups excluding tert-OH is 1. The van der Waals surface area contributed by atoms with Crippen molar-refractivity contribution >= 4 is 44.0 Å². The molecule has 0 saturated heterocycles. The Bertz CT molecular complexity index is 464. The maximum atomic E-state index is 9.12. The van der Waals surface area contributed by atoms with Gasteiger partial charge in [0.25, 0.3) is 0 Å². The molecule has 1 heterocycles. The van der Waals surface area contributed by atoms with Crippen LogP contribution >= 0.6 is 33.9 Å². The Morgan fingerprint density at radius 2 is 2.29 bits per heavy atom. The molecular formula is C10H9IO2S. The number of fused-ring (bicyclic) bond motifs is 1. The Morgan fingerprint density at radius 1 is 1.50 bits per heavy atom. The minimum absolute atomic E-state index is 0.111. The van der Waals surface area contributed by atoms with E-state index >= 15 is 0 Å². The largest absolute Gasteiger partial charge is 0.497 e. The van der Waals surface area contributed by atoms with Gasteiger partial charge >= 0.3 is 0 Å². The third-order valence-corrected chi connectivity index (χ3v) is 4.80. The van der Waals surface area contributed by atoms with Crippen LogP contribution in [-0.2, 0) is 6.61 Å². The van der Waals surface area contributed by atoms with E-state index in [1.807, 2.05) is 18.2 Å². The molecule has 2 rings (SSSR count). The van der Waals surface area contributed by atoms with Gasteiger partial charge in [0.15, 0.2) is 0 Å². The van der Waals surface area contributed by atoms with E-state index in [1.54, 1.807) is 18.4 Å². The monoisotopic (exact) mass is 320 g/mol. The summed E-state index contributed by atoms with van der Waals surface area (Å²) in [5, 5.41) is 10.3. The van der Waals surface area contributed by atoms with Crippen molar-refractivity contribution in [3.8, 4) is 5.75 Å². The normalized spacial score (nSPS) is 10.8. The van der Waals surface area contributed by atoms with Gasteiger partial charge in [0.05, 0.1) is 13.7 Å². The molecule has 1 aromatic carbocycles. The van der Waals surface area contributed by atoms with Gasteiger partial charge in [-0.1, -0.05) is 0 Å². The van der Waals surface area contributed by atoms with E-state index in [4.69, 9.17) is 9.84 Å². The fraction of sp³-hybridized carbons (Fsp3) is 0.200. The van der Waals surface area contributed by atoms with E-state index in [9.17, 15) is 0 Å². The van der Waals surface area contributed by atoms with Gasteiger partial charge in [-0.2, -0.15) is 0 Å². The topological polar surface area (TPSA) is 29.5 Å². The molecule has 0 atom stereocenters. The zero-order valence-electron chi connectivity index (χ0n) is 7.58. The number of benzene rings is 1. The molecule has 0 amide bonds. The molecule has 1 aromatic heterocycles. The second kappa shape index (κ2) is 4.04. The van der Waals surface area contributed by atoms with Gasteiger partial charge in [0.2, 0.25) is 0 Å². The molecule has 1 N–H and O–H groups in total. The first-order valence-corrected chi connectivity index (χ1v) is 6.01. The lowest BCUT2D eigenvalue weighted by atomic mass is 10.2. The molecule has 2 nitrogen and oxygen atoms in total. The van der Waals surface area contributed by atoms with Crippen molar-refractivity contribution in [2.45, 2.75) is 6.61 Å². The van der Waals surface area contributed by atoms with Crippen molar-refractivity contribution < 1.29 is 9.84 Å². The third kappa shape index (κ3) is 1.62. The van der Waals surface area contributed by atoms with E-state index in [1.165, 1.54) is 10.1 Å². The van der Waals surface area contributed by atoms with Crippen LogP contribution in [-0.4, -0.2) is 12.2 Å². The molecule has 0 radical (unpaired) electrons. The Balaban J connectivity index is 2.68. The Morgan fingerprint density at radius 3 is 2.93 bits per heavy atom. The Labute approximate surface area is 99.7 Å². The zero-order chi connectivity index (χ0) is 10.1. The van der Waals surface area contributed by atoms with Gasteiger partial charge in [-0.15, -0.1) is 11.3 Å². The molecule has 0 spiro atoms. The highest BCUT2D eigenvalue weighted by Crippen LogP contribution is 2.34. The van der Waals surface area contributed by atoms with Gasteiger partial charge in [-0.05, 0) is 40.8 Å². The van der Waals surface area contributed by atoms with Crippen LogP contribution in [0, 0.1) is 3.57 Å². The number of methoxy groups -OCH3 is 1. The second-order valence-electron chi connectivity index (χ2n) is 2.86. The smallest absolute Gasteiger partial charge is 0.119 e. The van der Waals surface area contributed by atoms with Crippen LogP contribution in [0.4, 0.5) is 0 Å². The van der Waals surface area contributed by atoms with Crippen LogP contribution in [0.1, 0.15) is 4.88 Å². The first kappa shape index (κ1) is 10.2. The number of aliphatic hydroxyl groups is 1. The number of hydrogen-bond acceptors (Lipinski definition) is 3. The summed E-state index contributed by atoms with van der Waals surface area (Å²) in [6.07, 6.45) is 0. The molecule has 0 bridgehead atoms. The predicted molar refractivity (Wildman–Crippen MR) is 67.0 cm³/mol.